The van der Waals surface area contributed by atoms with Crippen LogP contribution in [0.1, 0.15) is 12.8 Å². The van der Waals surface area contributed by atoms with Gasteiger partial charge in [-0.3, -0.25) is 0 Å². The average Bonchev–Trinajstić information content (AvgIpc) is 2.82. The summed E-state index contributed by atoms with van der Waals surface area (Å²) in [6.45, 7) is 2.16. The Morgan fingerprint density at radius 2 is 2.00 bits per heavy atom. The van der Waals surface area contributed by atoms with Gasteiger partial charge in [-0.2, -0.15) is 4.98 Å². The number of fused-ring (bicyclic) bond motifs is 1. The molecule has 0 saturated carbocycles. The molecule has 0 aliphatic carbocycles. The number of nitrogens with one attached hydrogen (secondary N) is 1. The third-order valence-corrected chi connectivity index (χ3v) is 3.44. The predicted octanol–water partition coefficient (Wildman–Crippen LogP) is 2.44. The first kappa shape index (κ1) is 13.2. The van der Waals surface area contributed by atoms with E-state index in [1.807, 2.05) is 24.3 Å². The molecule has 0 atom stereocenters. The summed E-state index contributed by atoms with van der Waals surface area (Å²) >= 11 is 0. The van der Waals surface area contributed by atoms with Crippen LogP contribution < -0.4 is 10.2 Å². The summed E-state index contributed by atoms with van der Waals surface area (Å²) in [5.74, 6) is 0. The minimum Gasteiger partial charge on any atom is -0.423 e. The molecular formula is C13H18ClN3O. The number of anilines is 1. The van der Waals surface area contributed by atoms with Gasteiger partial charge in [-0.1, -0.05) is 12.1 Å². The third kappa shape index (κ3) is 2.44. The molecule has 1 aromatic carbocycles. The zero-order valence-corrected chi connectivity index (χ0v) is 11.2. The van der Waals surface area contributed by atoms with E-state index in [2.05, 4.69) is 22.2 Å². The van der Waals surface area contributed by atoms with Crippen LogP contribution >= 0.6 is 12.4 Å². The van der Waals surface area contributed by atoms with Crippen molar-refractivity contribution in [1.82, 2.24) is 10.3 Å². The van der Waals surface area contributed by atoms with Crippen LogP contribution in [0.5, 0.6) is 0 Å². The highest BCUT2D eigenvalue weighted by atomic mass is 35.5. The lowest BCUT2D eigenvalue weighted by Crippen LogP contribution is -2.41. The maximum Gasteiger partial charge on any atom is 0.298 e. The van der Waals surface area contributed by atoms with Crippen LogP contribution in [0.4, 0.5) is 6.01 Å². The van der Waals surface area contributed by atoms with Crippen molar-refractivity contribution in [2.24, 2.45) is 0 Å². The van der Waals surface area contributed by atoms with E-state index in [-0.39, 0.29) is 12.4 Å². The monoisotopic (exact) mass is 267 g/mol. The average molecular weight is 268 g/mol. The van der Waals surface area contributed by atoms with Crippen molar-refractivity contribution in [2.45, 2.75) is 18.9 Å². The number of piperidine rings is 1. The summed E-state index contributed by atoms with van der Waals surface area (Å²) in [6.07, 6.45) is 2.30. The normalized spacial score (nSPS) is 16.5. The fourth-order valence-corrected chi connectivity index (χ4v) is 2.36. The molecule has 1 fully saturated rings. The molecule has 0 radical (unpaired) electrons. The number of hydrogen-bond acceptors (Lipinski definition) is 4. The van der Waals surface area contributed by atoms with Crippen LogP contribution in [0, 0.1) is 0 Å². The molecule has 1 aromatic heterocycles. The van der Waals surface area contributed by atoms with E-state index >= 15 is 0 Å². The Labute approximate surface area is 113 Å². The quantitative estimate of drug-likeness (QED) is 0.907. The molecule has 98 valence electrons. The molecule has 1 aliphatic rings. The summed E-state index contributed by atoms with van der Waals surface area (Å²) in [4.78, 5) is 6.69. The molecular weight excluding hydrogens is 250 g/mol. The number of para-hydroxylation sites is 2. The molecule has 0 bridgehead atoms. The zero-order chi connectivity index (χ0) is 11.7. The first-order valence-corrected chi connectivity index (χ1v) is 6.14. The molecule has 1 aliphatic heterocycles. The van der Waals surface area contributed by atoms with Crippen molar-refractivity contribution in [2.75, 3.05) is 25.0 Å². The van der Waals surface area contributed by atoms with Gasteiger partial charge in [0.2, 0.25) is 0 Å². The SMILES string of the molecule is CN(c1nc2ccccc2o1)C1CCNCC1.Cl. The Bertz CT molecular complexity index is 475. The molecule has 5 heteroatoms. The summed E-state index contributed by atoms with van der Waals surface area (Å²) in [7, 11) is 2.07. The molecule has 0 amide bonds. The molecule has 0 unspecified atom stereocenters. The van der Waals surface area contributed by atoms with Crippen LogP contribution in [0.2, 0.25) is 0 Å². The highest BCUT2D eigenvalue weighted by Crippen LogP contribution is 2.24. The fourth-order valence-electron chi connectivity index (χ4n) is 2.36. The van der Waals surface area contributed by atoms with Crippen LogP contribution in [0.15, 0.2) is 28.7 Å². The van der Waals surface area contributed by atoms with Gasteiger partial charge in [0, 0.05) is 13.1 Å². The highest BCUT2D eigenvalue weighted by molar-refractivity contribution is 5.85. The molecule has 2 aromatic rings. The fraction of sp³-hybridized carbons (Fsp3) is 0.462. The van der Waals surface area contributed by atoms with Crippen molar-refractivity contribution in [1.29, 1.82) is 0 Å². The van der Waals surface area contributed by atoms with E-state index < -0.39 is 0 Å². The number of aromatic nitrogens is 1. The Morgan fingerprint density at radius 1 is 1.28 bits per heavy atom. The van der Waals surface area contributed by atoms with Gasteiger partial charge in [-0.25, -0.2) is 0 Å². The van der Waals surface area contributed by atoms with Crippen molar-refractivity contribution in [3.05, 3.63) is 24.3 Å². The van der Waals surface area contributed by atoms with Crippen LogP contribution in [0.25, 0.3) is 11.1 Å². The lowest BCUT2D eigenvalue weighted by molar-refractivity contribution is 0.423. The van der Waals surface area contributed by atoms with Crippen molar-refractivity contribution >= 4 is 29.5 Å². The summed E-state index contributed by atoms with van der Waals surface area (Å²) in [5, 5.41) is 3.37. The van der Waals surface area contributed by atoms with Gasteiger partial charge in [0.15, 0.2) is 5.58 Å². The van der Waals surface area contributed by atoms with Gasteiger partial charge < -0.3 is 14.6 Å². The topological polar surface area (TPSA) is 41.3 Å². The van der Waals surface area contributed by atoms with Crippen LogP contribution in [-0.4, -0.2) is 31.2 Å². The zero-order valence-electron chi connectivity index (χ0n) is 10.4. The second kappa shape index (κ2) is 5.59. The molecule has 4 nitrogen and oxygen atoms in total. The first-order chi connectivity index (χ1) is 8.34. The van der Waals surface area contributed by atoms with Crippen LogP contribution in [0.3, 0.4) is 0 Å². The van der Waals surface area contributed by atoms with E-state index in [4.69, 9.17) is 4.42 Å². The standard InChI is InChI=1S/C13H17N3O.ClH/c1-16(10-6-8-14-9-7-10)13-15-11-4-2-3-5-12(11)17-13;/h2-5,10,14H,6-9H2,1H3;1H. The van der Waals surface area contributed by atoms with E-state index in [9.17, 15) is 0 Å². The number of hydrogen-bond donors (Lipinski definition) is 1. The number of benzene rings is 1. The third-order valence-electron chi connectivity index (χ3n) is 3.44. The summed E-state index contributed by atoms with van der Waals surface area (Å²) < 4.78 is 5.78. The van der Waals surface area contributed by atoms with Crippen molar-refractivity contribution in [3.8, 4) is 0 Å². The maximum absolute atomic E-state index is 5.78. The van der Waals surface area contributed by atoms with Gasteiger partial charge in [-0.05, 0) is 38.1 Å². The van der Waals surface area contributed by atoms with E-state index in [0.29, 0.717) is 6.04 Å². The Balaban J connectivity index is 0.00000120. The number of nitrogens with zero attached hydrogens (tertiary/aromatic N) is 2. The largest absolute Gasteiger partial charge is 0.423 e. The predicted molar refractivity (Wildman–Crippen MR) is 75.6 cm³/mol. The summed E-state index contributed by atoms with van der Waals surface area (Å²) in [6, 6.07) is 9.17. The number of rotatable bonds is 2. The first-order valence-electron chi connectivity index (χ1n) is 6.14. The lowest BCUT2D eigenvalue weighted by Gasteiger charge is -2.30. The molecule has 1 saturated heterocycles. The van der Waals surface area contributed by atoms with Crippen LogP contribution in [-0.2, 0) is 0 Å². The van der Waals surface area contributed by atoms with Gasteiger partial charge in [0.1, 0.15) is 5.52 Å². The molecule has 3 rings (SSSR count). The number of oxazole rings is 1. The van der Waals surface area contributed by atoms with Gasteiger partial charge in [0.25, 0.3) is 6.01 Å². The Kier molecular flexibility index (Phi) is 4.09. The van der Waals surface area contributed by atoms with E-state index in [1.54, 1.807) is 0 Å². The van der Waals surface area contributed by atoms with E-state index in [1.165, 1.54) is 0 Å². The lowest BCUT2D eigenvalue weighted by atomic mass is 10.1. The van der Waals surface area contributed by atoms with Crippen molar-refractivity contribution in [3.63, 3.8) is 0 Å². The minimum atomic E-state index is 0. The second-order valence-corrected chi connectivity index (χ2v) is 4.56. The molecule has 1 N–H and O–H groups in total. The minimum absolute atomic E-state index is 0. The van der Waals surface area contributed by atoms with E-state index in [0.717, 1.165) is 43.0 Å². The molecule has 18 heavy (non-hydrogen) atoms. The number of halogens is 1. The Hall–Kier alpha value is -1.26. The van der Waals surface area contributed by atoms with Gasteiger partial charge >= 0.3 is 0 Å². The highest BCUT2D eigenvalue weighted by Gasteiger charge is 2.21. The smallest absolute Gasteiger partial charge is 0.298 e. The van der Waals surface area contributed by atoms with Gasteiger partial charge in [0.05, 0.1) is 0 Å². The van der Waals surface area contributed by atoms with Crippen molar-refractivity contribution < 1.29 is 4.42 Å². The summed E-state index contributed by atoms with van der Waals surface area (Å²) in [5.41, 5.74) is 1.80. The Morgan fingerprint density at radius 3 is 2.72 bits per heavy atom. The molecule has 0 spiro atoms. The maximum atomic E-state index is 5.78. The van der Waals surface area contributed by atoms with Gasteiger partial charge in [-0.15, -0.1) is 12.4 Å². The molecule has 2 heterocycles. The second-order valence-electron chi connectivity index (χ2n) is 4.56.